The van der Waals surface area contributed by atoms with Crippen molar-refractivity contribution >= 4 is 21.9 Å². The normalized spacial score (nSPS) is 30.7. The summed E-state index contributed by atoms with van der Waals surface area (Å²) >= 11 is 4.02. The number of methoxy groups -OCH3 is 1. The predicted molar refractivity (Wildman–Crippen MR) is 163 cm³/mol. The molecule has 0 aromatic rings. The van der Waals surface area contributed by atoms with Crippen LogP contribution in [-0.2, 0) is 28.5 Å². The highest BCUT2D eigenvalue weighted by Gasteiger charge is 2.42. The molecule has 3 aliphatic rings. The standard InChI is InChI=1S/C33H55BrO6/c1-5-6-21-33(2,3)29(40-32-18-12-14-23-38-32)20-19-26-25(15-9-7-8-10-16-30(35)36-4)27(34)24-28(26)39-31-17-11-13-22-37-31/h7,9,19-20,25-29,31-32H,5-6,8,10-18,21-24H2,1-4H3/b9-7-,20-19+/t25-,26-,27-,28-,29-,31?,32?/m1/s1. The van der Waals surface area contributed by atoms with E-state index in [-0.39, 0.29) is 42.1 Å². The largest absolute Gasteiger partial charge is 0.469 e. The molecule has 230 valence electrons. The van der Waals surface area contributed by atoms with Crippen molar-refractivity contribution in [2.75, 3.05) is 20.3 Å². The molecule has 0 amide bonds. The van der Waals surface area contributed by atoms with Crippen LogP contribution in [0.15, 0.2) is 24.3 Å². The van der Waals surface area contributed by atoms with E-state index < -0.39 is 0 Å². The van der Waals surface area contributed by atoms with E-state index in [0.29, 0.717) is 17.2 Å². The van der Waals surface area contributed by atoms with E-state index in [1.807, 2.05) is 0 Å². The summed E-state index contributed by atoms with van der Waals surface area (Å²) in [6, 6.07) is 0. The molecule has 0 aromatic heterocycles. The van der Waals surface area contributed by atoms with E-state index in [4.69, 9.17) is 23.7 Å². The first-order valence-corrected chi connectivity index (χ1v) is 16.8. The lowest BCUT2D eigenvalue weighted by molar-refractivity contribution is -0.198. The van der Waals surface area contributed by atoms with E-state index in [1.165, 1.54) is 20.0 Å². The number of unbranched alkanes of at least 4 members (excludes halogenated alkanes) is 2. The zero-order chi connectivity index (χ0) is 28.8. The molecule has 0 spiro atoms. The molecule has 0 radical (unpaired) electrons. The third-order valence-corrected chi connectivity index (χ3v) is 9.81. The second-order valence-electron chi connectivity index (χ2n) is 12.5. The quantitative estimate of drug-likeness (QED) is 0.0743. The van der Waals surface area contributed by atoms with Crippen LogP contribution in [0.5, 0.6) is 0 Å². The highest BCUT2D eigenvalue weighted by molar-refractivity contribution is 9.09. The third kappa shape index (κ3) is 11.2. The van der Waals surface area contributed by atoms with Crippen molar-refractivity contribution in [3.63, 3.8) is 0 Å². The first-order chi connectivity index (χ1) is 19.3. The number of rotatable bonds is 16. The summed E-state index contributed by atoms with van der Waals surface area (Å²) < 4.78 is 30.1. The first-order valence-electron chi connectivity index (χ1n) is 15.9. The molecule has 7 heteroatoms. The molecule has 2 aliphatic heterocycles. The van der Waals surface area contributed by atoms with Gasteiger partial charge in [0.2, 0.25) is 0 Å². The second kappa shape index (κ2) is 18.0. The summed E-state index contributed by atoms with van der Waals surface area (Å²) in [5, 5.41) is 0. The molecule has 0 N–H and O–H groups in total. The highest BCUT2D eigenvalue weighted by Crippen LogP contribution is 2.44. The van der Waals surface area contributed by atoms with Crippen LogP contribution in [0.2, 0.25) is 0 Å². The van der Waals surface area contributed by atoms with Crippen LogP contribution in [0.25, 0.3) is 0 Å². The van der Waals surface area contributed by atoms with Crippen LogP contribution in [-0.4, -0.2) is 55.9 Å². The monoisotopic (exact) mass is 626 g/mol. The molecular formula is C33H55BrO6. The van der Waals surface area contributed by atoms with Gasteiger partial charge in [0.1, 0.15) is 0 Å². The van der Waals surface area contributed by atoms with Crippen LogP contribution in [0.4, 0.5) is 0 Å². The van der Waals surface area contributed by atoms with Crippen LogP contribution < -0.4 is 0 Å². The number of hydrogen-bond acceptors (Lipinski definition) is 6. The van der Waals surface area contributed by atoms with Crippen molar-refractivity contribution in [1.82, 2.24) is 0 Å². The van der Waals surface area contributed by atoms with E-state index >= 15 is 0 Å². The number of ether oxygens (including phenoxy) is 5. The number of carbonyl (C=O) groups excluding carboxylic acids is 1. The Labute approximate surface area is 252 Å². The molecule has 1 aliphatic carbocycles. The minimum Gasteiger partial charge on any atom is -0.469 e. The lowest BCUT2D eigenvalue weighted by Crippen LogP contribution is -2.37. The van der Waals surface area contributed by atoms with Gasteiger partial charge in [-0.05, 0) is 82.0 Å². The van der Waals surface area contributed by atoms with Gasteiger partial charge in [-0.25, -0.2) is 0 Å². The van der Waals surface area contributed by atoms with Gasteiger partial charge in [-0.3, -0.25) is 4.79 Å². The number of alkyl halides is 1. The number of esters is 1. The highest BCUT2D eigenvalue weighted by atomic mass is 79.9. The number of allylic oxidation sites excluding steroid dienone is 2. The van der Waals surface area contributed by atoms with Crippen molar-refractivity contribution in [3.05, 3.63) is 24.3 Å². The summed E-state index contributed by atoms with van der Waals surface area (Å²) in [4.78, 5) is 11.8. The maximum absolute atomic E-state index is 11.4. The zero-order valence-corrected chi connectivity index (χ0v) is 27.1. The molecule has 40 heavy (non-hydrogen) atoms. The Hall–Kier alpha value is -0.730. The maximum atomic E-state index is 11.4. The summed E-state index contributed by atoms with van der Waals surface area (Å²) in [5.41, 5.74) is 0.0115. The Kier molecular flexibility index (Phi) is 15.2. The van der Waals surface area contributed by atoms with Crippen molar-refractivity contribution in [3.8, 4) is 0 Å². The molecule has 2 unspecified atom stereocenters. The fourth-order valence-corrected chi connectivity index (χ4v) is 7.05. The van der Waals surface area contributed by atoms with Crippen molar-refractivity contribution in [2.24, 2.45) is 17.3 Å². The minimum absolute atomic E-state index is 0.0115. The Morgan fingerprint density at radius 1 is 1.05 bits per heavy atom. The lowest BCUT2D eigenvalue weighted by atomic mass is 9.80. The topological polar surface area (TPSA) is 63.2 Å². The second-order valence-corrected chi connectivity index (χ2v) is 13.6. The molecule has 1 saturated carbocycles. The van der Waals surface area contributed by atoms with Gasteiger partial charge in [-0.15, -0.1) is 0 Å². The van der Waals surface area contributed by atoms with Crippen LogP contribution in [0, 0.1) is 17.3 Å². The number of halogens is 1. The summed E-state index contributed by atoms with van der Waals surface area (Å²) in [6.45, 7) is 8.50. The molecule has 0 bridgehead atoms. The lowest BCUT2D eigenvalue weighted by Gasteiger charge is -2.36. The Balaban J connectivity index is 1.74. The molecule has 2 saturated heterocycles. The van der Waals surface area contributed by atoms with E-state index in [0.717, 1.165) is 83.8 Å². The number of hydrogen-bond donors (Lipinski definition) is 0. The van der Waals surface area contributed by atoms with Gasteiger partial charge in [0.05, 0.1) is 19.3 Å². The zero-order valence-electron chi connectivity index (χ0n) is 25.5. The third-order valence-electron chi connectivity index (χ3n) is 8.75. The summed E-state index contributed by atoms with van der Waals surface area (Å²) in [7, 11) is 1.45. The first kappa shape index (κ1) is 33.8. The SMILES string of the molecule is CCCCC(C)(C)[C@@H](/C=C/[C@@H]1[C@@H](C/C=C\CCCC(=O)OC)[C@H](Br)C[C@H]1OC1CCCCO1)OC1CCCCO1. The molecule has 0 aromatic carbocycles. The maximum Gasteiger partial charge on any atom is 0.305 e. The van der Waals surface area contributed by atoms with E-state index in [1.54, 1.807) is 0 Å². The molecule has 3 rings (SSSR count). The smallest absolute Gasteiger partial charge is 0.305 e. The van der Waals surface area contributed by atoms with E-state index in [9.17, 15) is 4.79 Å². The molecule has 3 fully saturated rings. The van der Waals surface area contributed by atoms with Gasteiger partial charge in [-0.1, -0.05) is 73.8 Å². The van der Waals surface area contributed by atoms with Crippen molar-refractivity contribution in [1.29, 1.82) is 0 Å². The van der Waals surface area contributed by atoms with Crippen molar-refractivity contribution < 1.29 is 28.5 Å². The predicted octanol–water partition coefficient (Wildman–Crippen LogP) is 8.27. The Bertz CT molecular complexity index is 771. The fraction of sp³-hybridized carbons (Fsp3) is 0.848. The summed E-state index contributed by atoms with van der Waals surface area (Å²) in [6.07, 6.45) is 23.2. The van der Waals surface area contributed by atoms with Gasteiger partial charge < -0.3 is 23.7 Å². The summed E-state index contributed by atoms with van der Waals surface area (Å²) in [5.74, 6) is 0.527. The molecule has 7 atom stereocenters. The van der Waals surface area contributed by atoms with Crippen LogP contribution in [0.3, 0.4) is 0 Å². The average molecular weight is 628 g/mol. The van der Waals surface area contributed by atoms with E-state index in [2.05, 4.69) is 61.0 Å². The van der Waals surface area contributed by atoms with Crippen molar-refractivity contribution in [2.45, 2.75) is 140 Å². The minimum atomic E-state index is -0.142. The van der Waals surface area contributed by atoms with Gasteiger partial charge in [0, 0.05) is 30.4 Å². The Morgan fingerprint density at radius 2 is 1.77 bits per heavy atom. The average Bonchev–Trinajstić information content (AvgIpc) is 3.25. The molecule has 6 nitrogen and oxygen atoms in total. The fourth-order valence-electron chi connectivity index (χ4n) is 6.12. The van der Waals surface area contributed by atoms with Crippen LogP contribution >= 0.6 is 15.9 Å². The number of carbonyl (C=O) groups is 1. The molecule has 2 heterocycles. The van der Waals surface area contributed by atoms with Gasteiger partial charge in [-0.2, -0.15) is 0 Å². The van der Waals surface area contributed by atoms with Gasteiger partial charge in [0.25, 0.3) is 0 Å². The Morgan fingerprint density at radius 3 is 2.42 bits per heavy atom. The molecular weight excluding hydrogens is 572 g/mol. The van der Waals surface area contributed by atoms with Crippen LogP contribution in [0.1, 0.15) is 111 Å². The van der Waals surface area contributed by atoms with Gasteiger partial charge in [0.15, 0.2) is 12.6 Å². The van der Waals surface area contributed by atoms with Gasteiger partial charge >= 0.3 is 5.97 Å².